The van der Waals surface area contributed by atoms with Crippen molar-refractivity contribution in [2.75, 3.05) is 5.32 Å². The van der Waals surface area contributed by atoms with Crippen LogP contribution in [0.4, 0.5) is 5.82 Å². The second-order valence-electron chi connectivity index (χ2n) is 3.90. The summed E-state index contributed by atoms with van der Waals surface area (Å²) in [5, 5.41) is 2.74. The average molecular weight is 305 g/mol. The van der Waals surface area contributed by atoms with Gasteiger partial charge >= 0.3 is 0 Å². The van der Waals surface area contributed by atoms with E-state index in [1.54, 1.807) is 12.3 Å². The Hall–Kier alpha value is -1.88. The Labute approximate surface area is 112 Å². The number of fused-ring (bicyclic) bond motifs is 1. The van der Waals surface area contributed by atoms with Gasteiger partial charge in [0.2, 0.25) is 6.10 Å². The summed E-state index contributed by atoms with van der Waals surface area (Å²) in [7, 11) is 0. The molecule has 1 aromatic heterocycles. The third kappa shape index (κ3) is 1.97. The Morgan fingerprint density at radius 2 is 2.06 bits per heavy atom. The molecule has 1 amide bonds. The highest BCUT2D eigenvalue weighted by Crippen LogP contribution is 2.34. The van der Waals surface area contributed by atoms with Gasteiger partial charge in [-0.25, -0.2) is 4.98 Å². The summed E-state index contributed by atoms with van der Waals surface area (Å²) in [6.07, 6.45) is 0.987. The van der Waals surface area contributed by atoms with Crippen LogP contribution in [0.5, 0.6) is 5.75 Å². The fourth-order valence-corrected chi connectivity index (χ4v) is 2.12. The number of ether oxygens (including phenoxy) is 1. The Bertz CT molecular complexity index is 601. The molecule has 0 saturated carbocycles. The van der Waals surface area contributed by atoms with Crippen molar-refractivity contribution < 1.29 is 9.53 Å². The molecule has 0 aliphatic carbocycles. The molecule has 4 nitrogen and oxygen atoms in total. The van der Waals surface area contributed by atoms with Gasteiger partial charge in [0.05, 0.1) is 0 Å². The van der Waals surface area contributed by atoms with E-state index in [-0.39, 0.29) is 5.91 Å². The van der Waals surface area contributed by atoms with Gasteiger partial charge in [-0.2, -0.15) is 0 Å². The molecule has 5 heteroatoms. The van der Waals surface area contributed by atoms with Crippen LogP contribution in [0.25, 0.3) is 0 Å². The zero-order chi connectivity index (χ0) is 12.5. The molecule has 3 rings (SSSR count). The van der Waals surface area contributed by atoms with Gasteiger partial charge < -0.3 is 10.1 Å². The Morgan fingerprint density at radius 1 is 1.28 bits per heavy atom. The van der Waals surface area contributed by atoms with Crippen molar-refractivity contribution in [1.82, 2.24) is 4.98 Å². The Morgan fingerprint density at radius 3 is 2.83 bits per heavy atom. The standard InChI is InChI=1S/C13H9BrN2O2/c14-9-6-10-12(15-7-9)16-13(17)11(18-10)8-4-2-1-3-5-8/h1-7,11H,(H,15,16,17). The van der Waals surface area contributed by atoms with Crippen molar-refractivity contribution in [3.05, 3.63) is 52.6 Å². The molecule has 2 aromatic rings. The van der Waals surface area contributed by atoms with E-state index >= 15 is 0 Å². The van der Waals surface area contributed by atoms with Gasteiger partial charge in [0.1, 0.15) is 0 Å². The summed E-state index contributed by atoms with van der Waals surface area (Å²) in [6.45, 7) is 0. The van der Waals surface area contributed by atoms with Gasteiger partial charge in [-0.15, -0.1) is 0 Å². The summed E-state index contributed by atoms with van der Waals surface area (Å²) in [5.74, 6) is 0.816. The average Bonchev–Trinajstić information content (AvgIpc) is 2.39. The van der Waals surface area contributed by atoms with Crippen LogP contribution < -0.4 is 10.1 Å². The predicted molar refractivity (Wildman–Crippen MR) is 70.4 cm³/mol. The molecule has 0 bridgehead atoms. The highest BCUT2D eigenvalue weighted by Gasteiger charge is 2.29. The summed E-state index contributed by atoms with van der Waals surface area (Å²) in [5.41, 5.74) is 0.820. The summed E-state index contributed by atoms with van der Waals surface area (Å²) < 4.78 is 6.52. The van der Waals surface area contributed by atoms with Crippen molar-refractivity contribution in [3.63, 3.8) is 0 Å². The topological polar surface area (TPSA) is 51.2 Å². The maximum Gasteiger partial charge on any atom is 0.271 e. The van der Waals surface area contributed by atoms with Crippen LogP contribution in [-0.4, -0.2) is 10.9 Å². The number of rotatable bonds is 1. The number of pyridine rings is 1. The van der Waals surface area contributed by atoms with E-state index in [1.165, 1.54) is 0 Å². The number of carbonyl (C=O) groups is 1. The van der Waals surface area contributed by atoms with Crippen LogP contribution >= 0.6 is 15.9 Å². The van der Waals surface area contributed by atoms with E-state index in [9.17, 15) is 4.79 Å². The predicted octanol–water partition coefficient (Wildman–Crippen LogP) is 2.92. The molecule has 1 aromatic carbocycles. The lowest BCUT2D eigenvalue weighted by Gasteiger charge is -2.25. The lowest BCUT2D eigenvalue weighted by atomic mass is 10.1. The first-order valence-corrected chi connectivity index (χ1v) is 6.21. The van der Waals surface area contributed by atoms with E-state index < -0.39 is 6.10 Å². The maximum absolute atomic E-state index is 12.0. The van der Waals surface area contributed by atoms with Gasteiger partial charge in [-0.1, -0.05) is 30.3 Å². The monoisotopic (exact) mass is 304 g/mol. The zero-order valence-corrected chi connectivity index (χ0v) is 10.8. The van der Waals surface area contributed by atoms with E-state index in [2.05, 4.69) is 26.2 Å². The van der Waals surface area contributed by atoms with Crippen molar-refractivity contribution in [2.45, 2.75) is 6.10 Å². The fourth-order valence-electron chi connectivity index (χ4n) is 1.81. The van der Waals surface area contributed by atoms with Gasteiger partial charge in [0.25, 0.3) is 5.91 Å². The Balaban J connectivity index is 1.99. The number of amides is 1. The van der Waals surface area contributed by atoms with Crippen molar-refractivity contribution in [3.8, 4) is 5.75 Å². The molecule has 2 heterocycles. The second kappa shape index (κ2) is 4.42. The number of hydrogen-bond donors (Lipinski definition) is 1. The Kier molecular flexibility index (Phi) is 2.76. The van der Waals surface area contributed by atoms with Crippen LogP contribution in [0.2, 0.25) is 0 Å². The lowest BCUT2D eigenvalue weighted by molar-refractivity contribution is -0.123. The molecule has 1 unspecified atom stereocenters. The van der Waals surface area contributed by atoms with Gasteiger partial charge in [0, 0.05) is 16.2 Å². The van der Waals surface area contributed by atoms with E-state index in [1.807, 2.05) is 30.3 Å². The first kappa shape index (κ1) is 11.2. The molecular formula is C13H9BrN2O2. The number of carbonyl (C=O) groups excluding carboxylic acids is 1. The van der Waals surface area contributed by atoms with E-state index in [0.717, 1.165) is 10.0 Å². The smallest absolute Gasteiger partial charge is 0.271 e. The highest BCUT2D eigenvalue weighted by atomic mass is 79.9. The molecule has 1 N–H and O–H groups in total. The van der Waals surface area contributed by atoms with Gasteiger partial charge in [-0.3, -0.25) is 4.79 Å². The van der Waals surface area contributed by atoms with Gasteiger partial charge in [-0.05, 0) is 22.0 Å². The first-order valence-electron chi connectivity index (χ1n) is 5.42. The van der Waals surface area contributed by atoms with Crippen LogP contribution in [0, 0.1) is 0 Å². The molecule has 1 atom stereocenters. The molecular weight excluding hydrogens is 296 g/mol. The van der Waals surface area contributed by atoms with Crippen molar-refractivity contribution in [1.29, 1.82) is 0 Å². The fraction of sp³-hybridized carbons (Fsp3) is 0.0769. The quantitative estimate of drug-likeness (QED) is 0.881. The third-order valence-corrected chi connectivity index (χ3v) is 3.08. The number of benzene rings is 1. The molecule has 90 valence electrons. The second-order valence-corrected chi connectivity index (χ2v) is 4.81. The zero-order valence-electron chi connectivity index (χ0n) is 9.26. The van der Waals surface area contributed by atoms with Crippen LogP contribution in [0.15, 0.2) is 47.1 Å². The first-order chi connectivity index (χ1) is 8.74. The molecule has 0 saturated heterocycles. The lowest BCUT2D eigenvalue weighted by Crippen LogP contribution is -2.30. The van der Waals surface area contributed by atoms with Gasteiger partial charge in [0.15, 0.2) is 11.6 Å². The van der Waals surface area contributed by atoms with Crippen LogP contribution in [0.1, 0.15) is 11.7 Å². The molecule has 0 fully saturated rings. The van der Waals surface area contributed by atoms with Crippen LogP contribution in [-0.2, 0) is 4.79 Å². The SMILES string of the molecule is O=C1Nc2ncc(Br)cc2OC1c1ccccc1. The molecule has 0 spiro atoms. The number of hydrogen-bond acceptors (Lipinski definition) is 3. The summed E-state index contributed by atoms with van der Waals surface area (Å²) in [4.78, 5) is 16.0. The molecule has 1 aliphatic rings. The summed E-state index contributed by atoms with van der Waals surface area (Å²) >= 11 is 3.33. The van der Waals surface area contributed by atoms with Crippen molar-refractivity contribution >= 4 is 27.7 Å². The number of nitrogens with one attached hydrogen (secondary N) is 1. The number of halogens is 1. The van der Waals surface area contributed by atoms with E-state index in [0.29, 0.717) is 11.6 Å². The normalized spacial score (nSPS) is 17.6. The minimum Gasteiger partial charge on any atom is -0.472 e. The third-order valence-electron chi connectivity index (χ3n) is 2.65. The number of nitrogens with zero attached hydrogens (tertiary/aromatic N) is 1. The minimum absolute atomic E-state index is 0.205. The number of anilines is 1. The largest absolute Gasteiger partial charge is 0.472 e. The molecule has 0 radical (unpaired) electrons. The van der Waals surface area contributed by atoms with E-state index in [4.69, 9.17) is 4.74 Å². The van der Waals surface area contributed by atoms with Crippen molar-refractivity contribution in [2.24, 2.45) is 0 Å². The maximum atomic E-state index is 12.0. The molecule has 18 heavy (non-hydrogen) atoms. The molecule has 1 aliphatic heterocycles. The minimum atomic E-state index is -0.630. The summed E-state index contributed by atoms with van der Waals surface area (Å²) in [6, 6.07) is 11.2. The highest BCUT2D eigenvalue weighted by molar-refractivity contribution is 9.10. The van der Waals surface area contributed by atoms with Crippen LogP contribution in [0.3, 0.4) is 0 Å². The number of aromatic nitrogens is 1.